The van der Waals surface area contributed by atoms with Crippen LogP contribution in [0.5, 0.6) is 0 Å². The van der Waals surface area contributed by atoms with Crippen molar-refractivity contribution in [3.05, 3.63) is 5.92 Å². The molecule has 0 aromatic heterocycles. The van der Waals surface area contributed by atoms with Gasteiger partial charge in [0.15, 0.2) is 13.0 Å². The minimum absolute atomic E-state index is 0.212. The zero-order valence-corrected chi connectivity index (χ0v) is 22.6. The molecular weight excluding hydrogens is 652 g/mol. The highest BCUT2D eigenvalue weighted by Gasteiger charge is 2.55. The average Bonchev–Trinajstić information content (AvgIpc) is 2.21. The molecule has 0 bridgehead atoms. The fraction of sp³-hybridized carbons (Fsp3) is 0.900. The van der Waals surface area contributed by atoms with Crippen molar-refractivity contribution < 1.29 is 0 Å². The van der Waals surface area contributed by atoms with Crippen molar-refractivity contribution >= 4 is 174 Å². The summed E-state index contributed by atoms with van der Waals surface area (Å²) in [5, 5.41) is 0. The smallest absolute Gasteiger partial charge is 0.0968 e. The molecule has 151 valence electrons. The van der Waals surface area contributed by atoms with Gasteiger partial charge < -0.3 is 0 Å². The van der Waals surface area contributed by atoms with Crippen LogP contribution in [-0.4, -0.2) is 24.4 Å². The lowest BCUT2D eigenvalue weighted by Crippen LogP contribution is -2.40. The van der Waals surface area contributed by atoms with Crippen LogP contribution in [0, 0.1) is 5.92 Å². The van der Waals surface area contributed by atoms with Crippen LogP contribution >= 0.6 is 174 Å². The summed E-state index contributed by atoms with van der Waals surface area (Å²) in [7, 11) is 0. The van der Waals surface area contributed by atoms with E-state index >= 15 is 0 Å². The lowest BCUT2D eigenvalue weighted by molar-refractivity contribution is 0.549. The molecule has 0 unspecified atom stereocenters. The number of rotatable bonds is 6. The van der Waals surface area contributed by atoms with Gasteiger partial charge in [0.05, 0.1) is 0 Å². The van der Waals surface area contributed by atoms with Gasteiger partial charge in [-0.05, 0) is 25.2 Å². The van der Waals surface area contributed by atoms with Crippen molar-refractivity contribution in [3.8, 4) is 0 Å². The highest BCUT2D eigenvalue weighted by Crippen LogP contribution is 2.58. The first kappa shape index (κ1) is 29.4. The van der Waals surface area contributed by atoms with E-state index in [1.165, 1.54) is 0 Å². The molecule has 0 fully saturated rings. The summed E-state index contributed by atoms with van der Waals surface area (Å²) < 4.78 is -12.1. The average molecular weight is 658 g/mol. The quantitative estimate of drug-likeness (QED) is 0.250. The van der Waals surface area contributed by atoms with Crippen LogP contribution in [0.2, 0.25) is 0 Å². The Labute approximate surface area is 221 Å². The Hall–Kier alpha value is 4.35. The standard InChI is InChI=1S/C10H6Cl15/c11-5(12,8(17,18)19)1-4(2-6(13,14)9(20,21)22)3-7(15,16)10(23,24)25/h1-3H2. The highest BCUT2D eigenvalue weighted by molar-refractivity contribution is 6.77. The Bertz CT molecular complexity index is 370. The normalized spacial score (nSPS) is 15.8. The molecule has 0 heterocycles. The Kier molecular flexibility index (Phi) is 11.6. The molecule has 0 N–H and O–H groups in total. The van der Waals surface area contributed by atoms with E-state index < -0.39 is 24.4 Å². The largest absolute Gasteiger partial charge is 0.223 e. The van der Waals surface area contributed by atoms with Gasteiger partial charge in [0.2, 0.25) is 11.4 Å². The Morgan fingerprint density at radius 2 is 0.520 bits per heavy atom. The predicted octanol–water partition coefficient (Wildman–Crippen LogP) is 10.4. The summed E-state index contributed by atoms with van der Waals surface area (Å²) >= 11 is 88.2. The first-order chi connectivity index (χ1) is 10.5. The third-order valence-electron chi connectivity index (χ3n) is 2.66. The van der Waals surface area contributed by atoms with Crippen molar-refractivity contribution in [2.24, 2.45) is 0 Å². The molecule has 0 saturated heterocycles. The second-order valence-corrected chi connectivity index (χ2v) is 16.2. The van der Waals surface area contributed by atoms with Gasteiger partial charge in [0.25, 0.3) is 0 Å². The zero-order valence-electron chi connectivity index (χ0n) is 11.3. The van der Waals surface area contributed by atoms with Crippen LogP contribution in [0.25, 0.3) is 0 Å². The number of halogens is 15. The van der Waals surface area contributed by atoms with Crippen molar-refractivity contribution in [1.82, 2.24) is 0 Å². The number of hydrogen-bond donors (Lipinski definition) is 0. The van der Waals surface area contributed by atoms with Gasteiger partial charge in [-0.2, -0.15) is 0 Å². The molecule has 0 aromatic rings. The third kappa shape index (κ3) is 9.16. The second kappa shape index (κ2) is 9.87. The van der Waals surface area contributed by atoms with E-state index in [1.54, 1.807) is 0 Å². The molecule has 0 rings (SSSR count). The molecule has 0 aliphatic carbocycles. The number of hydrogen-bond acceptors (Lipinski definition) is 0. The first-order valence-electron chi connectivity index (χ1n) is 5.71. The molecule has 15 heteroatoms. The predicted molar refractivity (Wildman–Crippen MR) is 121 cm³/mol. The molecule has 0 atom stereocenters. The van der Waals surface area contributed by atoms with Crippen molar-refractivity contribution in [2.45, 2.75) is 43.6 Å². The maximum Gasteiger partial charge on any atom is 0.223 e. The van der Waals surface area contributed by atoms with Crippen LogP contribution in [-0.2, 0) is 0 Å². The van der Waals surface area contributed by atoms with E-state index in [0.29, 0.717) is 0 Å². The Balaban J connectivity index is 5.70. The van der Waals surface area contributed by atoms with E-state index in [2.05, 4.69) is 0 Å². The van der Waals surface area contributed by atoms with Crippen LogP contribution in [0.4, 0.5) is 0 Å². The maximum absolute atomic E-state index is 6.07. The third-order valence-corrected chi connectivity index (χ3v) is 9.81. The fourth-order valence-electron chi connectivity index (χ4n) is 1.43. The number of alkyl halides is 15. The molecule has 0 amide bonds. The van der Waals surface area contributed by atoms with E-state index in [0.717, 1.165) is 0 Å². The molecule has 0 aliphatic rings. The van der Waals surface area contributed by atoms with Crippen molar-refractivity contribution in [1.29, 1.82) is 0 Å². The van der Waals surface area contributed by atoms with Crippen LogP contribution in [0.15, 0.2) is 0 Å². The van der Waals surface area contributed by atoms with Crippen molar-refractivity contribution in [3.63, 3.8) is 0 Å². The Morgan fingerprint density at radius 1 is 0.360 bits per heavy atom. The maximum atomic E-state index is 6.07. The SMILES string of the molecule is ClC(Cl)(Cl)C(Cl)(Cl)C[C](CC(Cl)(Cl)C(Cl)(Cl)Cl)CC(Cl)(Cl)C(Cl)(Cl)Cl. The minimum atomic E-state index is -2.11. The molecule has 0 spiro atoms. The summed E-state index contributed by atoms with van der Waals surface area (Å²) in [5.41, 5.74) is 0. The van der Waals surface area contributed by atoms with Gasteiger partial charge in [0, 0.05) is 0 Å². The lowest BCUT2D eigenvalue weighted by atomic mass is 9.92. The molecule has 1 radical (unpaired) electrons. The summed E-state index contributed by atoms with van der Waals surface area (Å²) in [6.45, 7) is 0. The second-order valence-electron chi connectivity index (χ2n) is 4.89. The summed E-state index contributed by atoms with van der Waals surface area (Å²) in [4.78, 5) is 0. The minimum Gasteiger partial charge on any atom is -0.0968 e. The van der Waals surface area contributed by atoms with E-state index in [9.17, 15) is 0 Å². The summed E-state index contributed by atoms with van der Waals surface area (Å²) in [5.74, 6) is 0.212. The topological polar surface area (TPSA) is 0 Å². The van der Waals surface area contributed by atoms with E-state index in [4.69, 9.17) is 174 Å². The van der Waals surface area contributed by atoms with Crippen LogP contribution < -0.4 is 0 Å². The molecule has 25 heavy (non-hydrogen) atoms. The van der Waals surface area contributed by atoms with Gasteiger partial charge >= 0.3 is 0 Å². The summed E-state index contributed by atoms with van der Waals surface area (Å²) in [6.07, 6.45) is -0.969. The van der Waals surface area contributed by atoms with Crippen LogP contribution in [0.1, 0.15) is 19.3 Å². The van der Waals surface area contributed by atoms with Crippen LogP contribution in [0.3, 0.4) is 0 Å². The van der Waals surface area contributed by atoms with Gasteiger partial charge in [-0.3, -0.25) is 0 Å². The van der Waals surface area contributed by atoms with E-state index in [-0.39, 0.29) is 25.2 Å². The first-order valence-corrected chi connectivity index (χ1v) is 11.4. The van der Waals surface area contributed by atoms with Gasteiger partial charge in [-0.25, -0.2) is 0 Å². The molecule has 0 aliphatic heterocycles. The van der Waals surface area contributed by atoms with Gasteiger partial charge in [0.1, 0.15) is 0 Å². The molecule has 0 nitrogen and oxygen atoms in total. The van der Waals surface area contributed by atoms with Crippen molar-refractivity contribution in [2.75, 3.05) is 0 Å². The van der Waals surface area contributed by atoms with Gasteiger partial charge in [-0.15, -0.1) is 0 Å². The lowest BCUT2D eigenvalue weighted by Gasteiger charge is -2.38. The van der Waals surface area contributed by atoms with Gasteiger partial charge in [-0.1, -0.05) is 174 Å². The molecular formula is C10H6Cl15. The zero-order chi connectivity index (χ0) is 20.7. The summed E-state index contributed by atoms with van der Waals surface area (Å²) in [6, 6.07) is 0. The fourth-order valence-corrected chi connectivity index (χ4v) is 3.17. The molecule has 0 saturated carbocycles. The Morgan fingerprint density at radius 3 is 0.640 bits per heavy atom. The van der Waals surface area contributed by atoms with E-state index in [1.807, 2.05) is 0 Å². The molecule has 0 aromatic carbocycles. The monoisotopic (exact) mass is 651 g/mol. The highest BCUT2D eigenvalue weighted by atomic mass is 35.6.